The molecular weight excluding hydrogens is 418 g/mol. The molecule has 1 aromatic heterocycles. The highest BCUT2D eigenvalue weighted by atomic mass is 32.2. The number of likely N-dealkylation sites (tertiary alicyclic amines) is 1. The van der Waals surface area contributed by atoms with E-state index in [1.165, 1.54) is 32.2 Å². The maximum Gasteiger partial charge on any atom is 0.240 e. The molecule has 0 spiro atoms. The molecule has 6 nitrogen and oxygen atoms in total. The number of nitrogens with zero attached hydrogens (tertiary/aromatic N) is 4. The summed E-state index contributed by atoms with van der Waals surface area (Å²) in [4.78, 5) is 27.5. The van der Waals surface area contributed by atoms with Crippen molar-refractivity contribution in [3.63, 3.8) is 0 Å². The standard InChI is InChI=1S/C25H35N5OS/c1-18-9-8-10-19(2)29(18)15-6-3-7-16-30-21-11-4-5-12-22(21)32-23(24(30)31)17-20-13-14-27-25(26)28-20/h4-5,11-14,18-19,23H,3,6-10,15-17H2,1-2H3,(H2,26,27,28)/t18-,19+,23?. The van der Waals surface area contributed by atoms with Gasteiger partial charge in [0.2, 0.25) is 11.9 Å². The first-order valence-electron chi connectivity index (χ1n) is 11.9. The minimum absolute atomic E-state index is 0.171. The van der Waals surface area contributed by atoms with Gasteiger partial charge in [-0.3, -0.25) is 9.69 Å². The highest BCUT2D eigenvalue weighted by Crippen LogP contribution is 2.40. The summed E-state index contributed by atoms with van der Waals surface area (Å²) in [7, 11) is 0. The van der Waals surface area contributed by atoms with E-state index in [-0.39, 0.29) is 17.1 Å². The summed E-state index contributed by atoms with van der Waals surface area (Å²) in [6.45, 7) is 6.66. The summed E-state index contributed by atoms with van der Waals surface area (Å²) in [6, 6.07) is 11.5. The number of carbonyl (C=O) groups is 1. The molecule has 1 amide bonds. The number of piperidine rings is 1. The number of nitrogens with two attached hydrogens (primary N) is 1. The van der Waals surface area contributed by atoms with Crippen LogP contribution in [-0.2, 0) is 11.2 Å². The molecule has 0 radical (unpaired) electrons. The molecular formula is C25H35N5OS. The molecule has 32 heavy (non-hydrogen) atoms. The molecule has 1 unspecified atom stereocenters. The van der Waals surface area contributed by atoms with Crippen LogP contribution in [0.15, 0.2) is 41.4 Å². The third-order valence-corrected chi connectivity index (χ3v) is 8.02. The third-order valence-electron chi connectivity index (χ3n) is 6.77. The van der Waals surface area contributed by atoms with E-state index in [1.807, 2.05) is 23.1 Å². The van der Waals surface area contributed by atoms with Gasteiger partial charge in [-0.05, 0) is 64.3 Å². The smallest absolute Gasteiger partial charge is 0.240 e. The number of hydrogen-bond donors (Lipinski definition) is 1. The summed E-state index contributed by atoms with van der Waals surface area (Å²) < 4.78 is 0. The van der Waals surface area contributed by atoms with Crippen LogP contribution in [0.2, 0.25) is 0 Å². The van der Waals surface area contributed by atoms with E-state index in [1.54, 1.807) is 18.0 Å². The molecule has 0 aliphatic carbocycles. The number of anilines is 2. The molecule has 172 valence electrons. The molecule has 7 heteroatoms. The van der Waals surface area contributed by atoms with Gasteiger partial charge in [-0.2, -0.15) is 0 Å². The number of thioether (sulfide) groups is 1. The van der Waals surface area contributed by atoms with E-state index in [2.05, 4.69) is 40.8 Å². The molecule has 2 N–H and O–H groups in total. The molecule has 1 saturated heterocycles. The van der Waals surface area contributed by atoms with E-state index >= 15 is 0 Å². The number of amides is 1. The van der Waals surface area contributed by atoms with Gasteiger partial charge < -0.3 is 10.6 Å². The molecule has 1 aromatic carbocycles. The van der Waals surface area contributed by atoms with Crippen molar-refractivity contribution in [1.29, 1.82) is 0 Å². The van der Waals surface area contributed by atoms with Crippen molar-refractivity contribution < 1.29 is 4.79 Å². The Labute approximate surface area is 196 Å². The molecule has 3 heterocycles. The van der Waals surface area contributed by atoms with Gasteiger partial charge in [-0.1, -0.05) is 25.0 Å². The van der Waals surface area contributed by atoms with Gasteiger partial charge in [-0.25, -0.2) is 9.97 Å². The lowest BCUT2D eigenvalue weighted by atomic mass is 9.97. The van der Waals surface area contributed by atoms with E-state index in [9.17, 15) is 4.79 Å². The summed E-state index contributed by atoms with van der Waals surface area (Å²) in [5.74, 6) is 0.425. The Balaban J connectivity index is 1.35. The summed E-state index contributed by atoms with van der Waals surface area (Å²) in [5, 5.41) is -0.186. The van der Waals surface area contributed by atoms with E-state index in [0.717, 1.165) is 35.7 Å². The normalized spacial score (nSPS) is 23.9. The first-order chi connectivity index (χ1) is 15.5. The molecule has 2 aliphatic heterocycles. The molecule has 3 atom stereocenters. The predicted molar refractivity (Wildman–Crippen MR) is 132 cm³/mol. The highest BCUT2D eigenvalue weighted by molar-refractivity contribution is 8.01. The minimum atomic E-state index is -0.186. The van der Waals surface area contributed by atoms with Crippen molar-refractivity contribution in [2.75, 3.05) is 23.7 Å². The number of rotatable bonds is 8. The van der Waals surface area contributed by atoms with Gasteiger partial charge in [0.05, 0.1) is 10.9 Å². The zero-order valence-corrected chi connectivity index (χ0v) is 20.1. The first kappa shape index (κ1) is 23.1. The zero-order chi connectivity index (χ0) is 22.5. The monoisotopic (exact) mass is 453 g/mol. The van der Waals surface area contributed by atoms with Crippen LogP contribution in [0.5, 0.6) is 0 Å². The van der Waals surface area contributed by atoms with Gasteiger partial charge in [-0.15, -0.1) is 11.8 Å². The number of aromatic nitrogens is 2. The van der Waals surface area contributed by atoms with Crippen molar-refractivity contribution in [3.8, 4) is 0 Å². The number of hydrogen-bond acceptors (Lipinski definition) is 6. The van der Waals surface area contributed by atoms with E-state index in [0.29, 0.717) is 18.5 Å². The lowest BCUT2D eigenvalue weighted by Crippen LogP contribution is -2.44. The largest absolute Gasteiger partial charge is 0.368 e. The summed E-state index contributed by atoms with van der Waals surface area (Å²) in [5.41, 5.74) is 7.59. The van der Waals surface area contributed by atoms with Crippen LogP contribution >= 0.6 is 11.8 Å². The summed E-state index contributed by atoms with van der Waals surface area (Å²) in [6.07, 6.45) is 9.57. The topological polar surface area (TPSA) is 75.3 Å². The van der Waals surface area contributed by atoms with Crippen molar-refractivity contribution in [3.05, 3.63) is 42.2 Å². The fraction of sp³-hybridized carbons (Fsp3) is 0.560. The Bertz CT molecular complexity index is 913. The van der Waals surface area contributed by atoms with Gasteiger partial charge in [0.15, 0.2) is 0 Å². The summed E-state index contributed by atoms with van der Waals surface area (Å²) >= 11 is 1.63. The third kappa shape index (κ3) is 5.44. The van der Waals surface area contributed by atoms with Crippen molar-refractivity contribution >= 4 is 29.3 Å². The van der Waals surface area contributed by atoms with Crippen molar-refractivity contribution in [1.82, 2.24) is 14.9 Å². The SMILES string of the molecule is C[C@@H]1CCC[C@H](C)N1CCCCCN1C(=O)C(Cc2ccnc(N)n2)Sc2ccccc21. The molecule has 4 rings (SSSR count). The Kier molecular flexibility index (Phi) is 7.68. The second-order valence-corrected chi connectivity index (χ2v) is 10.3. The van der Waals surface area contributed by atoms with E-state index < -0.39 is 0 Å². The second-order valence-electron chi connectivity index (χ2n) is 9.10. The number of benzene rings is 1. The molecule has 0 saturated carbocycles. The Morgan fingerprint density at radius 1 is 1.06 bits per heavy atom. The maximum absolute atomic E-state index is 13.4. The van der Waals surface area contributed by atoms with Crippen molar-refractivity contribution in [2.45, 2.75) is 81.0 Å². The molecule has 1 fully saturated rings. The Morgan fingerprint density at radius 3 is 2.59 bits per heavy atom. The lowest BCUT2D eigenvalue weighted by molar-refractivity contribution is -0.118. The fourth-order valence-electron chi connectivity index (χ4n) is 5.01. The Morgan fingerprint density at radius 2 is 1.81 bits per heavy atom. The molecule has 2 aliphatic rings. The maximum atomic E-state index is 13.4. The molecule has 2 aromatic rings. The predicted octanol–water partition coefficient (Wildman–Crippen LogP) is 4.54. The average Bonchev–Trinajstić information content (AvgIpc) is 2.77. The zero-order valence-electron chi connectivity index (χ0n) is 19.2. The van der Waals surface area contributed by atoms with Crippen molar-refractivity contribution in [2.24, 2.45) is 0 Å². The average molecular weight is 454 g/mol. The quantitative estimate of drug-likeness (QED) is 0.592. The van der Waals surface area contributed by atoms with Gasteiger partial charge in [0.1, 0.15) is 0 Å². The van der Waals surface area contributed by atoms with Gasteiger partial charge >= 0.3 is 0 Å². The molecule has 0 bridgehead atoms. The minimum Gasteiger partial charge on any atom is -0.368 e. The van der Waals surface area contributed by atoms with Crippen LogP contribution in [0.25, 0.3) is 0 Å². The number of fused-ring (bicyclic) bond motifs is 1. The first-order valence-corrected chi connectivity index (χ1v) is 12.8. The number of para-hydroxylation sites is 1. The second kappa shape index (κ2) is 10.7. The Hall–Kier alpha value is -2.12. The van der Waals surface area contributed by atoms with Crippen LogP contribution in [0, 0.1) is 0 Å². The van der Waals surface area contributed by atoms with E-state index in [4.69, 9.17) is 5.73 Å². The van der Waals surface area contributed by atoms with Crippen LogP contribution in [-0.4, -0.2) is 51.2 Å². The number of carbonyl (C=O) groups excluding carboxylic acids is 1. The van der Waals surface area contributed by atoms with Crippen LogP contribution in [0.4, 0.5) is 11.6 Å². The number of unbranched alkanes of at least 4 members (excludes halogenated alkanes) is 2. The van der Waals surface area contributed by atoms with Gasteiger partial charge in [0, 0.05) is 41.8 Å². The van der Waals surface area contributed by atoms with Crippen LogP contribution in [0.3, 0.4) is 0 Å². The fourth-order valence-corrected chi connectivity index (χ4v) is 6.25. The number of nitrogen functional groups attached to an aromatic ring is 1. The lowest BCUT2D eigenvalue weighted by Gasteiger charge is -2.39. The van der Waals surface area contributed by atoms with Crippen LogP contribution in [0.1, 0.15) is 58.1 Å². The van der Waals surface area contributed by atoms with Crippen LogP contribution < -0.4 is 10.6 Å². The highest BCUT2D eigenvalue weighted by Gasteiger charge is 2.33. The van der Waals surface area contributed by atoms with Gasteiger partial charge in [0.25, 0.3) is 0 Å².